The molecule has 1 aliphatic carbocycles. The van der Waals surface area contributed by atoms with Crippen LogP contribution in [0.3, 0.4) is 0 Å². The molecule has 0 aromatic heterocycles. The number of nitrogens with zero attached hydrogens (tertiary/aromatic N) is 2. The van der Waals surface area contributed by atoms with Crippen molar-refractivity contribution in [2.45, 2.75) is 38.1 Å². The molecule has 2 unspecified atom stereocenters. The molecule has 0 radical (unpaired) electrons. The minimum atomic E-state index is -0.112. The Bertz CT molecular complexity index is 337. The Morgan fingerprint density at radius 1 is 1.53 bits per heavy atom. The lowest BCUT2D eigenvalue weighted by Gasteiger charge is -2.45. The Balaban J connectivity index is 2.42. The maximum atomic E-state index is 11.4. The van der Waals surface area contributed by atoms with Crippen LogP contribution >= 0.6 is 0 Å². The average molecular weight is 266 g/mol. The summed E-state index contributed by atoms with van der Waals surface area (Å²) in [6, 6.07) is 1.90. The molecule has 0 bridgehead atoms. The van der Waals surface area contributed by atoms with E-state index in [1.165, 1.54) is 25.7 Å². The fourth-order valence-electron chi connectivity index (χ4n) is 2.97. The highest BCUT2D eigenvalue weighted by atomic mass is 16.1. The van der Waals surface area contributed by atoms with Crippen molar-refractivity contribution in [2.75, 3.05) is 33.7 Å². The Morgan fingerprint density at radius 2 is 2.26 bits per heavy atom. The van der Waals surface area contributed by atoms with E-state index in [9.17, 15) is 4.79 Å². The molecule has 108 valence electrons. The summed E-state index contributed by atoms with van der Waals surface area (Å²) in [5.74, 6) is 0.629. The predicted molar refractivity (Wildman–Crippen MR) is 75.5 cm³/mol. The summed E-state index contributed by atoms with van der Waals surface area (Å²) in [5.41, 5.74) is 0.160. The van der Waals surface area contributed by atoms with Crippen LogP contribution in [0.4, 0.5) is 0 Å². The van der Waals surface area contributed by atoms with Gasteiger partial charge in [-0.3, -0.25) is 4.79 Å². The highest BCUT2D eigenvalue weighted by molar-refractivity contribution is 5.78. The maximum absolute atomic E-state index is 11.4. The van der Waals surface area contributed by atoms with Crippen LogP contribution in [0.1, 0.15) is 32.6 Å². The first-order valence-electron chi connectivity index (χ1n) is 7.02. The second-order valence-electron chi connectivity index (χ2n) is 5.86. The van der Waals surface area contributed by atoms with Gasteiger partial charge >= 0.3 is 0 Å². The van der Waals surface area contributed by atoms with Crippen LogP contribution in [0.15, 0.2) is 0 Å². The number of hydrogen-bond donors (Lipinski definition) is 2. The van der Waals surface area contributed by atoms with Crippen LogP contribution < -0.4 is 10.6 Å². The van der Waals surface area contributed by atoms with Crippen molar-refractivity contribution in [1.82, 2.24) is 15.5 Å². The summed E-state index contributed by atoms with van der Waals surface area (Å²) in [6.45, 7) is 3.49. The van der Waals surface area contributed by atoms with E-state index in [4.69, 9.17) is 5.26 Å². The molecule has 19 heavy (non-hydrogen) atoms. The monoisotopic (exact) mass is 266 g/mol. The molecule has 2 atom stereocenters. The van der Waals surface area contributed by atoms with Crippen LogP contribution in [0.2, 0.25) is 0 Å². The average Bonchev–Trinajstić information content (AvgIpc) is 2.36. The van der Waals surface area contributed by atoms with Crippen molar-refractivity contribution in [2.24, 2.45) is 5.92 Å². The first-order valence-corrected chi connectivity index (χ1v) is 7.02. The highest BCUT2D eigenvalue weighted by Crippen LogP contribution is 2.35. The fourth-order valence-corrected chi connectivity index (χ4v) is 2.97. The molecule has 5 heteroatoms. The first-order chi connectivity index (χ1) is 9.00. The van der Waals surface area contributed by atoms with Crippen LogP contribution in [-0.2, 0) is 4.79 Å². The molecule has 0 aromatic rings. The van der Waals surface area contributed by atoms with Crippen LogP contribution in [0.25, 0.3) is 0 Å². The van der Waals surface area contributed by atoms with E-state index < -0.39 is 0 Å². The number of nitriles is 1. The summed E-state index contributed by atoms with van der Waals surface area (Å²) in [5, 5.41) is 14.2. The predicted octanol–water partition coefficient (Wildman–Crippen LogP) is 0.726. The Labute approximate surface area is 116 Å². The number of likely N-dealkylation sites (N-methyl/N-ethyl adjacent to an activating group) is 1. The molecular formula is C14H26N4O. The number of carbonyl (C=O) groups is 1. The standard InChI is InChI=1S/C14H26N4O/c1-12-5-4-6-14(9-12,18(2)3)11-16-10-13(19)17-8-7-15/h12,16H,4-6,8-11H2,1-3H3,(H,17,19). The van der Waals surface area contributed by atoms with E-state index in [-0.39, 0.29) is 24.5 Å². The lowest BCUT2D eigenvalue weighted by atomic mass is 9.75. The molecular weight excluding hydrogens is 240 g/mol. The highest BCUT2D eigenvalue weighted by Gasteiger charge is 2.36. The van der Waals surface area contributed by atoms with Gasteiger partial charge in [-0.25, -0.2) is 0 Å². The van der Waals surface area contributed by atoms with E-state index in [2.05, 4.69) is 36.6 Å². The van der Waals surface area contributed by atoms with Gasteiger partial charge < -0.3 is 15.5 Å². The SMILES string of the molecule is CC1CCCC(CNCC(=O)NCC#N)(N(C)C)C1. The van der Waals surface area contributed by atoms with Crippen LogP contribution in [0.5, 0.6) is 0 Å². The summed E-state index contributed by atoms with van der Waals surface area (Å²) in [7, 11) is 4.24. The molecule has 0 heterocycles. The zero-order valence-electron chi connectivity index (χ0n) is 12.3. The van der Waals surface area contributed by atoms with Gasteiger partial charge in [0.1, 0.15) is 6.54 Å². The second kappa shape index (κ2) is 7.46. The number of rotatable bonds is 6. The van der Waals surface area contributed by atoms with Crippen LogP contribution in [-0.4, -0.2) is 50.1 Å². The van der Waals surface area contributed by atoms with Gasteiger partial charge in [0.05, 0.1) is 12.6 Å². The third-order valence-electron chi connectivity index (χ3n) is 4.12. The van der Waals surface area contributed by atoms with Crippen molar-refractivity contribution in [3.63, 3.8) is 0 Å². The zero-order chi connectivity index (χ0) is 14.3. The van der Waals surface area contributed by atoms with Crippen molar-refractivity contribution in [3.8, 4) is 6.07 Å². The van der Waals surface area contributed by atoms with Gasteiger partial charge in [-0.1, -0.05) is 19.8 Å². The van der Waals surface area contributed by atoms with Crippen molar-refractivity contribution >= 4 is 5.91 Å². The largest absolute Gasteiger partial charge is 0.342 e. The normalized spacial score (nSPS) is 27.0. The maximum Gasteiger partial charge on any atom is 0.234 e. The number of hydrogen-bond acceptors (Lipinski definition) is 4. The molecule has 0 spiro atoms. The Hall–Kier alpha value is -1.12. The zero-order valence-corrected chi connectivity index (χ0v) is 12.3. The molecule has 1 aliphatic rings. The van der Waals surface area contributed by atoms with Crippen molar-refractivity contribution < 1.29 is 4.79 Å². The number of nitrogens with one attached hydrogen (secondary N) is 2. The van der Waals surface area contributed by atoms with Crippen molar-refractivity contribution in [3.05, 3.63) is 0 Å². The molecule has 2 N–H and O–H groups in total. The third kappa shape index (κ3) is 4.81. The number of carbonyl (C=O) groups excluding carboxylic acids is 1. The van der Waals surface area contributed by atoms with E-state index in [0.29, 0.717) is 0 Å². The lowest BCUT2D eigenvalue weighted by Crippen LogP contribution is -2.55. The minimum Gasteiger partial charge on any atom is -0.342 e. The van der Waals surface area contributed by atoms with E-state index in [1.807, 2.05) is 6.07 Å². The molecule has 1 fully saturated rings. The van der Waals surface area contributed by atoms with Gasteiger partial charge in [0.15, 0.2) is 0 Å². The molecule has 1 rings (SSSR count). The summed E-state index contributed by atoms with van der Waals surface area (Å²) >= 11 is 0. The summed E-state index contributed by atoms with van der Waals surface area (Å²) in [4.78, 5) is 13.7. The lowest BCUT2D eigenvalue weighted by molar-refractivity contribution is -0.120. The third-order valence-corrected chi connectivity index (χ3v) is 4.12. The summed E-state index contributed by atoms with van der Waals surface area (Å²) < 4.78 is 0. The topological polar surface area (TPSA) is 68.2 Å². The molecule has 0 aromatic carbocycles. The molecule has 0 saturated heterocycles. The van der Waals surface area contributed by atoms with Gasteiger partial charge in [-0.15, -0.1) is 0 Å². The molecule has 5 nitrogen and oxygen atoms in total. The fraction of sp³-hybridized carbons (Fsp3) is 0.857. The molecule has 1 amide bonds. The van der Waals surface area contributed by atoms with E-state index in [0.717, 1.165) is 12.5 Å². The van der Waals surface area contributed by atoms with Gasteiger partial charge in [-0.05, 0) is 32.9 Å². The minimum absolute atomic E-state index is 0.0797. The van der Waals surface area contributed by atoms with Gasteiger partial charge in [0.2, 0.25) is 5.91 Å². The van der Waals surface area contributed by atoms with Gasteiger partial charge in [-0.2, -0.15) is 5.26 Å². The Kier molecular flexibility index (Phi) is 6.26. The van der Waals surface area contributed by atoms with Crippen LogP contribution in [0, 0.1) is 17.2 Å². The van der Waals surface area contributed by atoms with Gasteiger partial charge in [0, 0.05) is 12.1 Å². The second-order valence-corrected chi connectivity index (χ2v) is 5.86. The van der Waals surface area contributed by atoms with E-state index >= 15 is 0 Å². The quantitative estimate of drug-likeness (QED) is 0.695. The molecule has 0 aliphatic heterocycles. The van der Waals surface area contributed by atoms with Crippen molar-refractivity contribution in [1.29, 1.82) is 5.26 Å². The number of amides is 1. The summed E-state index contributed by atoms with van der Waals surface area (Å²) in [6.07, 6.45) is 4.91. The van der Waals surface area contributed by atoms with Gasteiger partial charge in [0.25, 0.3) is 0 Å². The molecule has 1 saturated carbocycles. The Morgan fingerprint density at radius 3 is 2.84 bits per heavy atom. The smallest absolute Gasteiger partial charge is 0.234 e. The first kappa shape index (κ1) is 15.9. The van der Waals surface area contributed by atoms with E-state index in [1.54, 1.807) is 0 Å².